The second-order valence-electron chi connectivity index (χ2n) is 6.13. The average Bonchev–Trinajstić information content (AvgIpc) is 3.28. The van der Waals surface area contributed by atoms with Crippen LogP contribution in [0.2, 0.25) is 0 Å². The number of hydrogen-bond donors (Lipinski definition) is 1. The van der Waals surface area contributed by atoms with Gasteiger partial charge in [0.2, 0.25) is 0 Å². The lowest BCUT2D eigenvalue weighted by molar-refractivity contribution is 0.340. The number of hydrogen-bond acceptors (Lipinski definition) is 7. The minimum absolute atomic E-state index is 0.162. The van der Waals surface area contributed by atoms with Crippen molar-refractivity contribution in [1.82, 2.24) is 0 Å². The zero-order chi connectivity index (χ0) is 18.6. The van der Waals surface area contributed by atoms with E-state index >= 15 is 0 Å². The van der Waals surface area contributed by atoms with E-state index in [0.29, 0.717) is 0 Å². The summed E-state index contributed by atoms with van der Waals surface area (Å²) in [5.41, 5.74) is 0. The Labute approximate surface area is 185 Å². The van der Waals surface area contributed by atoms with Crippen LogP contribution >= 0.6 is 70.6 Å². The smallest absolute Gasteiger partial charge is 0.0749 e. The van der Waals surface area contributed by atoms with Gasteiger partial charge in [0, 0.05) is 4.91 Å². The van der Waals surface area contributed by atoms with Gasteiger partial charge in [0.15, 0.2) is 0 Å². The van der Waals surface area contributed by atoms with E-state index in [1.165, 1.54) is 79.8 Å². The fourth-order valence-corrected chi connectivity index (χ4v) is 10.8. The third-order valence-electron chi connectivity index (χ3n) is 3.84. The Hall–Kier alpha value is 1.28. The standard InChI is InChI=1S/C19H30OS6/c1-3-5-7-9-11-21-16-17(22-12-10-8-6-4-2)26-19(25-16)18-23-14-15(13-20)24-18/h14,20H,3-13H2,1-2H3. The SMILES string of the molecule is CCCCCCSC1=C(SCCCCCC)SC(=C2SC=C(CO)S2)S1. The Balaban J connectivity index is 1.87. The number of thioether (sulfide) groups is 6. The molecule has 0 atom stereocenters. The Morgan fingerprint density at radius 3 is 1.81 bits per heavy atom. The van der Waals surface area contributed by atoms with E-state index in [9.17, 15) is 5.11 Å². The van der Waals surface area contributed by atoms with E-state index in [4.69, 9.17) is 0 Å². The van der Waals surface area contributed by atoms with Crippen molar-refractivity contribution in [2.24, 2.45) is 0 Å². The van der Waals surface area contributed by atoms with E-state index < -0.39 is 0 Å². The average molecular weight is 467 g/mol. The van der Waals surface area contributed by atoms with Gasteiger partial charge < -0.3 is 5.11 Å². The minimum atomic E-state index is 0.162. The maximum atomic E-state index is 9.35. The molecule has 2 heterocycles. The first kappa shape index (κ1) is 23.6. The van der Waals surface area contributed by atoms with Crippen LogP contribution in [0.4, 0.5) is 0 Å². The molecule has 0 aromatic rings. The van der Waals surface area contributed by atoms with Crippen LogP contribution < -0.4 is 0 Å². The predicted molar refractivity (Wildman–Crippen MR) is 133 cm³/mol. The van der Waals surface area contributed by atoms with Gasteiger partial charge in [0.05, 0.1) is 23.6 Å². The molecule has 0 aromatic carbocycles. The maximum absolute atomic E-state index is 9.35. The Morgan fingerprint density at radius 1 is 0.769 bits per heavy atom. The van der Waals surface area contributed by atoms with Crippen LogP contribution in [0.3, 0.4) is 0 Å². The molecule has 0 saturated carbocycles. The number of aliphatic hydroxyl groups excluding tert-OH is 1. The van der Waals surface area contributed by atoms with Gasteiger partial charge in [-0.15, -0.1) is 23.5 Å². The second kappa shape index (κ2) is 14.3. The summed E-state index contributed by atoms with van der Waals surface area (Å²) in [7, 11) is 0. The number of aliphatic hydroxyl groups is 1. The highest BCUT2D eigenvalue weighted by Gasteiger charge is 2.27. The highest BCUT2D eigenvalue weighted by molar-refractivity contribution is 8.42. The van der Waals surface area contributed by atoms with Gasteiger partial charge in [-0.2, -0.15) is 0 Å². The Kier molecular flexibility index (Phi) is 12.9. The summed E-state index contributed by atoms with van der Waals surface area (Å²) in [4.78, 5) is 1.08. The van der Waals surface area contributed by atoms with Gasteiger partial charge >= 0.3 is 0 Å². The normalized spacial score (nSPS) is 17.6. The lowest BCUT2D eigenvalue weighted by Crippen LogP contribution is -1.83. The summed E-state index contributed by atoms with van der Waals surface area (Å²) in [5, 5.41) is 11.4. The van der Waals surface area contributed by atoms with Crippen molar-refractivity contribution in [3.05, 3.63) is 27.3 Å². The summed E-state index contributed by atoms with van der Waals surface area (Å²) in [6, 6.07) is 0. The fraction of sp³-hybridized carbons (Fsp3) is 0.684. The van der Waals surface area contributed by atoms with Gasteiger partial charge in [-0.3, -0.25) is 0 Å². The van der Waals surface area contributed by atoms with Gasteiger partial charge in [0.25, 0.3) is 0 Å². The molecule has 2 rings (SSSR count). The molecular formula is C19H30OS6. The molecular weight excluding hydrogens is 437 g/mol. The van der Waals surface area contributed by atoms with Gasteiger partial charge in [-0.1, -0.05) is 99.4 Å². The molecule has 0 aromatic heterocycles. The van der Waals surface area contributed by atoms with Crippen molar-refractivity contribution in [2.75, 3.05) is 18.1 Å². The van der Waals surface area contributed by atoms with Crippen molar-refractivity contribution < 1.29 is 5.11 Å². The highest BCUT2D eigenvalue weighted by Crippen LogP contribution is 2.62. The second-order valence-corrected chi connectivity index (χ2v) is 13.4. The molecule has 0 radical (unpaired) electrons. The lowest BCUT2D eigenvalue weighted by atomic mass is 10.2. The van der Waals surface area contributed by atoms with Crippen molar-refractivity contribution in [2.45, 2.75) is 65.2 Å². The van der Waals surface area contributed by atoms with Crippen LogP contribution in [0.5, 0.6) is 0 Å². The molecule has 7 heteroatoms. The van der Waals surface area contributed by atoms with E-state index in [-0.39, 0.29) is 6.61 Å². The predicted octanol–water partition coefficient (Wildman–Crippen LogP) is 8.66. The molecule has 0 amide bonds. The number of rotatable bonds is 13. The lowest BCUT2D eigenvalue weighted by Gasteiger charge is -2.05. The van der Waals surface area contributed by atoms with E-state index in [1.54, 1.807) is 23.5 Å². The Morgan fingerprint density at radius 2 is 1.35 bits per heavy atom. The molecule has 2 aliphatic rings. The van der Waals surface area contributed by atoms with Crippen LogP contribution in [0.15, 0.2) is 27.3 Å². The highest BCUT2D eigenvalue weighted by atomic mass is 32.3. The van der Waals surface area contributed by atoms with Crippen molar-refractivity contribution >= 4 is 70.6 Å². The molecule has 0 unspecified atom stereocenters. The monoisotopic (exact) mass is 466 g/mol. The fourth-order valence-electron chi connectivity index (χ4n) is 2.37. The third-order valence-corrected chi connectivity index (χ3v) is 12.5. The first-order valence-corrected chi connectivity index (χ1v) is 14.8. The van der Waals surface area contributed by atoms with E-state index in [0.717, 1.165) is 4.91 Å². The Bertz CT molecular complexity index is 498. The molecule has 148 valence electrons. The van der Waals surface area contributed by atoms with Crippen LogP contribution in [0.1, 0.15) is 65.2 Å². The van der Waals surface area contributed by atoms with Crippen LogP contribution in [0, 0.1) is 0 Å². The van der Waals surface area contributed by atoms with E-state index in [2.05, 4.69) is 42.8 Å². The van der Waals surface area contributed by atoms with Gasteiger partial charge in [0.1, 0.15) is 0 Å². The van der Waals surface area contributed by atoms with Crippen LogP contribution in [-0.2, 0) is 0 Å². The van der Waals surface area contributed by atoms with Crippen LogP contribution in [-0.4, -0.2) is 23.2 Å². The molecule has 1 nitrogen and oxygen atoms in total. The van der Waals surface area contributed by atoms with Gasteiger partial charge in [-0.05, 0) is 29.8 Å². The first-order valence-electron chi connectivity index (χ1n) is 9.52. The third kappa shape index (κ3) is 8.34. The molecule has 0 spiro atoms. The number of unbranched alkanes of at least 4 members (excludes halogenated alkanes) is 6. The molecule has 1 N–H and O–H groups in total. The molecule has 0 saturated heterocycles. The molecule has 0 bridgehead atoms. The summed E-state index contributed by atoms with van der Waals surface area (Å²) in [6.45, 7) is 4.71. The topological polar surface area (TPSA) is 20.2 Å². The first-order chi connectivity index (χ1) is 12.8. The summed E-state index contributed by atoms with van der Waals surface area (Å²) in [5.74, 6) is 2.48. The maximum Gasteiger partial charge on any atom is 0.0749 e. The minimum Gasteiger partial charge on any atom is -0.391 e. The summed E-state index contributed by atoms with van der Waals surface area (Å²) < 4.78 is 5.82. The molecule has 26 heavy (non-hydrogen) atoms. The zero-order valence-electron chi connectivity index (χ0n) is 15.8. The van der Waals surface area contributed by atoms with E-state index in [1.807, 2.05) is 23.5 Å². The van der Waals surface area contributed by atoms with Gasteiger partial charge in [-0.25, -0.2) is 0 Å². The zero-order valence-corrected chi connectivity index (χ0v) is 20.7. The summed E-state index contributed by atoms with van der Waals surface area (Å²) in [6.07, 6.45) is 10.7. The molecule has 0 aliphatic carbocycles. The van der Waals surface area contributed by atoms with Crippen molar-refractivity contribution in [1.29, 1.82) is 0 Å². The largest absolute Gasteiger partial charge is 0.391 e. The van der Waals surface area contributed by atoms with Crippen molar-refractivity contribution in [3.63, 3.8) is 0 Å². The molecule has 2 aliphatic heterocycles. The summed E-state index contributed by atoms with van der Waals surface area (Å²) >= 11 is 11.6. The molecule has 0 fully saturated rings. The quantitative estimate of drug-likeness (QED) is 0.270. The van der Waals surface area contributed by atoms with Crippen molar-refractivity contribution in [3.8, 4) is 0 Å². The van der Waals surface area contributed by atoms with Crippen LogP contribution in [0.25, 0.3) is 0 Å².